The summed E-state index contributed by atoms with van der Waals surface area (Å²) in [6, 6.07) is 23.3. The maximum atomic E-state index is 4.57. The van der Waals surface area contributed by atoms with E-state index in [1.165, 1.54) is 42.4 Å². The third kappa shape index (κ3) is 4.23. The fourth-order valence-corrected chi connectivity index (χ4v) is 4.99. The smallest absolute Gasteiger partial charge is 0.151 e. The Kier molecular flexibility index (Phi) is 5.63. The van der Waals surface area contributed by atoms with Gasteiger partial charge in [-0.2, -0.15) is 0 Å². The zero-order chi connectivity index (χ0) is 22.7. The van der Waals surface area contributed by atoms with E-state index in [-0.39, 0.29) is 0 Å². The van der Waals surface area contributed by atoms with Crippen molar-refractivity contribution in [2.75, 3.05) is 36.0 Å². The monoisotopic (exact) mass is 448 g/mol. The van der Waals surface area contributed by atoms with Crippen molar-refractivity contribution in [2.45, 2.75) is 25.7 Å². The Balaban J connectivity index is 1.12. The Bertz CT molecular complexity index is 1260. The first-order valence-electron chi connectivity index (χ1n) is 12.2. The fourth-order valence-electron chi connectivity index (χ4n) is 4.99. The van der Waals surface area contributed by atoms with Crippen molar-refractivity contribution >= 4 is 11.6 Å². The third-order valence-electron chi connectivity index (χ3n) is 6.94. The standard InChI is InChI=1S/C28H28N6/c1-2-7-22(8-3-1)26-19-28(30-20-29-26)34-16-14-33(15-17-34)27-13-12-25(31-32-27)24-11-10-21-6-4-5-9-23(21)18-24/h1-3,7-8,10-13,18-20H,4-6,9,14-17H2. The lowest BCUT2D eigenvalue weighted by Gasteiger charge is -2.35. The number of benzene rings is 2. The summed E-state index contributed by atoms with van der Waals surface area (Å²) in [4.78, 5) is 13.6. The Morgan fingerprint density at radius 1 is 0.559 bits per heavy atom. The van der Waals surface area contributed by atoms with Crippen LogP contribution < -0.4 is 9.80 Å². The van der Waals surface area contributed by atoms with Crippen LogP contribution in [0.4, 0.5) is 11.6 Å². The Morgan fingerprint density at radius 2 is 1.32 bits per heavy atom. The van der Waals surface area contributed by atoms with Gasteiger partial charge in [-0.25, -0.2) is 9.97 Å². The molecule has 0 radical (unpaired) electrons. The number of hydrogen-bond donors (Lipinski definition) is 0. The molecule has 6 heteroatoms. The molecule has 0 spiro atoms. The second-order valence-corrected chi connectivity index (χ2v) is 9.07. The minimum Gasteiger partial charge on any atom is -0.353 e. The molecule has 6 rings (SSSR count). The van der Waals surface area contributed by atoms with Gasteiger partial charge in [0.05, 0.1) is 11.4 Å². The molecule has 170 valence electrons. The molecule has 2 aliphatic rings. The average molecular weight is 449 g/mol. The first-order chi connectivity index (χ1) is 16.8. The molecule has 4 aromatic rings. The van der Waals surface area contributed by atoms with Crippen molar-refractivity contribution in [1.29, 1.82) is 0 Å². The number of fused-ring (bicyclic) bond motifs is 1. The predicted molar refractivity (Wildman–Crippen MR) is 136 cm³/mol. The molecule has 1 aliphatic carbocycles. The highest BCUT2D eigenvalue weighted by Gasteiger charge is 2.20. The topological polar surface area (TPSA) is 58.0 Å². The molecule has 0 amide bonds. The molecule has 0 N–H and O–H groups in total. The highest BCUT2D eigenvalue weighted by molar-refractivity contribution is 5.63. The van der Waals surface area contributed by atoms with E-state index in [0.717, 1.165) is 54.8 Å². The van der Waals surface area contributed by atoms with Gasteiger partial charge in [0.2, 0.25) is 0 Å². The van der Waals surface area contributed by atoms with Crippen LogP contribution in [0.1, 0.15) is 24.0 Å². The molecule has 1 fully saturated rings. The number of piperazine rings is 1. The molecule has 6 nitrogen and oxygen atoms in total. The minimum atomic E-state index is 0.886. The Hall–Kier alpha value is -3.80. The van der Waals surface area contributed by atoms with Crippen LogP contribution in [0.2, 0.25) is 0 Å². The van der Waals surface area contributed by atoms with Gasteiger partial charge in [-0.3, -0.25) is 0 Å². The highest BCUT2D eigenvalue weighted by atomic mass is 15.3. The summed E-state index contributed by atoms with van der Waals surface area (Å²) < 4.78 is 0. The summed E-state index contributed by atoms with van der Waals surface area (Å²) in [5.74, 6) is 1.91. The van der Waals surface area contributed by atoms with Gasteiger partial charge in [0, 0.05) is 43.4 Å². The minimum absolute atomic E-state index is 0.886. The molecule has 34 heavy (non-hydrogen) atoms. The van der Waals surface area contributed by atoms with Gasteiger partial charge in [-0.05, 0) is 55.0 Å². The van der Waals surface area contributed by atoms with Crippen LogP contribution in [-0.2, 0) is 12.8 Å². The van der Waals surface area contributed by atoms with Crippen LogP contribution in [0.15, 0.2) is 73.1 Å². The molecule has 2 aromatic carbocycles. The van der Waals surface area contributed by atoms with Gasteiger partial charge in [-0.15, -0.1) is 10.2 Å². The van der Waals surface area contributed by atoms with Crippen molar-refractivity contribution in [3.05, 3.63) is 84.2 Å². The lowest BCUT2D eigenvalue weighted by Crippen LogP contribution is -2.47. The van der Waals surface area contributed by atoms with E-state index >= 15 is 0 Å². The molecule has 0 bridgehead atoms. The summed E-state index contributed by atoms with van der Waals surface area (Å²) in [6.07, 6.45) is 6.64. The number of aromatic nitrogens is 4. The predicted octanol–water partition coefficient (Wildman–Crippen LogP) is 4.81. The van der Waals surface area contributed by atoms with Gasteiger partial charge in [-0.1, -0.05) is 42.5 Å². The van der Waals surface area contributed by atoms with E-state index in [2.05, 4.69) is 78.5 Å². The van der Waals surface area contributed by atoms with Crippen molar-refractivity contribution in [3.8, 4) is 22.5 Å². The van der Waals surface area contributed by atoms with E-state index < -0.39 is 0 Å². The molecule has 0 saturated carbocycles. The average Bonchev–Trinajstić information content (AvgIpc) is 2.93. The number of hydrogen-bond acceptors (Lipinski definition) is 6. The van der Waals surface area contributed by atoms with Crippen LogP contribution in [0.3, 0.4) is 0 Å². The van der Waals surface area contributed by atoms with E-state index in [1.54, 1.807) is 6.33 Å². The van der Waals surface area contributed by atoms with Gasteiger partial charge in [0.25, 0.3) is 0 Å². The van der Waals surface area contributed by atoms with Crippen LogP contribution in [0, 0.1) is 0 Å². The molecule has 2 aromatic heterocycles. The van der Waals surface area contributed by atoms with Crippen LogP contribution in [0.25, 0.3) is 22.5 Å². The normalized spacial score (nSPS) is 15.8. The van der Waals surface area contributed by atoms with Crippen molar-refractivity contribution in [1.82, 2.24) is 20.2 Å². The van der Waals surface area contributed by atoms with E-state index in [0.29, 0.717) is 0 Å². The van der Waals surface area contributed by atoms with Gasteiger partial charge in [0.1, 0.15) is 12.1 Å². The Morgan fingerprint density at radius 3 is 2.09 bits per heavy atom. The Labute approximate surface area is 200 Å². The maximum absolute atomic E-state index is 4.57. The molecule has 3 heterocycles. The lowest BCUT2D eigenvalue weighted by molar-refractivity contribution is 0.638. The van der Waals surface area contributed by atoms with E-state index in [1.807, 2.05) is 18.2 Å². The van der Waals surface area contributed by atoms with Crippen molar-refractivity contribution in [2.24, 2.45) is 0 Å². The molecule has 1 aliphatic heterocycles. The zero-order valence-corrected chi connectivity index (χ0v) is 19.3. The number of rotatable bonds is 4. The summed E-state index contributed by atoms with van der Waals surface area (Å²) in [5.41, 5.74) is 7.16. The molecular weight excluding hydrogens is 420 g/mol. The SMILES string of the molecule is c1ccc(-c2cc(N3CCN(c4ccc(-c5ccc6c(c5)CCCC6)nn4)CC3)ncn2)cc1. The molecule has 0 unspecified atom stereocenters. The maximum Gasteiger partial charge on any atom is 0.151 e. The van der Waals surface area contributed by atoms with Crippen molar-refractivity contribution < 1.29 is 0 Å². The number of aryl methyl sites for hydroxylation is 2. The molecular formula is C28H28N6. The lowest BCUT2D eigenvalue weighted by atomic mass is 9.90. The molecule has 0 atom stereocenters. The first-order valence-corrected chi connectivity index (χ1v) is 12.2. The fraction of sp³-hybridized carbons (Fsp3) is 0.286. The van der Waals surface area contributed by atoms with E-state index in [9.17, 15) is 0 Å². The second-order valence-electron chi connectivity index (χ2n) is 9.07. The first kappa shape index (κ1) is 20.8. The summed E-state index contributed by atoms with van der Waals surface area (Å²) >= 11 is 0. The van der Waals surface area contributed by atoms with Gasteiger partial charge < -0.3 is 9.80 Å². The number of anilines is 2. The van der Waals surface area contributed by atoms with Crippen LogP contribution >= 0.6 is 0 Å². The van der Waals surface area contributed by atoms with Crippen molar-refractivity contribution in [3.63, 3.8) is 0 Å². The zero-order valence-electron chi connectivity index (χ0n) is 19.3. The number of nitrogens with zero attached hydrogens (tertiary/aromatic N) is 6. The largest absolute Gasteiger partial charge is 0.353 e. The summed E-state index contributed by atoms with van der Waals surface area (Å²) in [7, 11) is 0. The van der Waals surface area contributed by atoms with Gasteiger partial charge >= 0.3 is 0 Å². The second kappa shape index (κ2) is 9.21. The van der Waals surface area contributed by atoms with Crippen LogP contribution in [-0.4, -0.2) is 46.3 Å². The van der Waals surface area contributed by atoms with Gasteiger partial charge in [0.15, 0.2) is 5.82 Å². The third-order valence-corrected chi connectivity index (χ3v) is 6.94. The summed E-state index contributed by atoms with van der Waals surface area (Å²) in [6.45, 7) is 3.55. The highest BCUT2D eigenvalue weighted by Crippen LogP contribution is 2.27. The van der Waals surface area contributed by atoms with Crippen LogP contribution in [0.5, 0.6) is 0 Å². The summed E-state index contributed by atoms with van der Waals surface area (Å²) in [5, 5.41) is 9.14. The molecule has 1 saturated heterocycles. The quantitative estimate of drug-likeness (QED) is 0.447. The van der Waals surface area contributed by atoms with E-state index in [4.69, 9.17) is 0 Å².